The molecule has 268 valence electrons. The predicted molar refractivity (Wildman–Crippen MR) is 177 cm³/mol. The standard InChI is InChI=1S/C33H30ClF5N8O4/c34-21-7-5-20(6-8-21)32(13-14-32)47-30-44-29(45-31(46-30)51-18-33(37,38)39)42-23-10-3-19(4-11-23)26(48)40-15-1-2-16-41-27(49)28(50)43-25-12-9-22(35)17-24(25)36/h3-12,17H,1-2,13-16,18H2,(H,40,48)(H,41,49)(H,43,50)(H2,42,44,45,46,47). The van der Waals surface area contributed by atoms with Crippen molar-refractivity contribution in [2.24, 2.45) is 0 Å². The molecular formula is C33H30ClF5N8O4. The van der Waals surface area contributed by atoms with E-state index in [1.165, 1.54) is 12.1 Å². The van der Waals surface area contributed by atoms with Gasteiger partial charge in [-0.05, 0) is 79.8 Å². The Kier molecular flexibility index (Phi) is 11.5. The lowest BCUT2D eigenvalue weighted by Gasteiger charge is -2.19. The van der Waals surface area contributed by atoms with Crippen LogP contribution in [0.25, 0.3) is 0 Å². The Morgan fingerprint density at radius 1 is 0.824 bits per heavy atom. The molecule has 4 aromatic rings. The number of carbonyl (C=O) groups is 3. The third-order valence-corrected chi connectivity index (χ3v) is 7.69. The molecule has 0 saturated heterocycles. The number of hydrogen-bond donors (Lipinski definition) is 5. The second-order valence-corrected chi connectivity index (χ2v) is 11.8. The number of nitrogens with zero attached hydrogens (tertiary/aromatic N) is 3. The smallest absolute Gasteiger partial charge is 0.422 e. The number of alkyl halides is 3. The zero-order chi connectivity index (χ0) is 36.6. The fourth-order valence-corrected chi connectivity index (χ4v) is 4.84. The lowest BCUT2D eigenvalue weighted by molar-refractivity contribution is -0.154. The second-order valence-electron chi connectivity index (χ2n) is 11.4. The number of unbranched alkanes of at least 4 members (excludes halogenated alkanes) is 1. The van der Waals surface area contributed by atoms with Gasteiger partial charge >= 0.3 is 24.0 Å². The topological polar surface area (TPSA) is 159 Å². The number of benzene rings is 3. The van der Waals surface area contributed by atoms with Gasteiger partial charge in [0, 0.05) is 35.4 Å². The Labute approximate surface area is 292 Å². The molecule has 18 heteroatoms. The van der Waals surface area contributed by atoms with E-state index in [9.17, 15) is 36.3 Å². The molecule has 1 aliphatic rings. The maximum absolute atomic E-state index is 13.7. The van der Waals surface area contributed by atoms with Crippen LogP contribution in [0.2, 0.25) is 5.02 Å². The molecule has 0 bridgehead atoms. The maximum atomic E-state index is 13.7. The van der Waals surface area contributed by atoms with Gasteiger partial charge in [-0.1, -0.05) is 23.7 Å². The molecule has 1 aromatic heterocycles. The van der Waals surface area contributed by atoms with Gasteiger partial charge in [-0.25, -0.2) is 8.78 Å². The van der Waals surface area contributed by atoms with Crippen molar-refractivity contribution >= 4 is 52.6 Å². The van der Waals surface area contributed by atoms with E-state index in [-0.39, 0.29) is 30.7 Å². The predicted octanol–water partition coefficient (Wildman–Crippen LogP) is 5.85. The molecule has 3 aromatic carbocycles. The highest BCUT2D eigenvalue weighted by Crippen LogP contribution is 2.48. The zero-order valence-electron chi connectivity index (χ0n) is 26.5. The Hall–Kier alpha value is -5.58. The summed E-state index contributed by atoms with van der Waals surface area (Å²) in [5, 5.41) is 13.8. The summed E-state index contributed by atoms with van der Waals surface area (Å²) in [6.07, 6.45) is -2.30. The summed E-state index contributed by atoms with van der Waals surface area (Å²) >= 11 is 6.01. The summed E-state index contributed by atoms with van der Waals surface area (Å²) in [5.74, 6) is -4.46. The molecule has 5 rings (SSSR count). The van der Waals surface area contributed by atoms with Gasteiger partial charge in [0.2, 0.25) is 11.9 Å². The highest BCUT2D eigenvalue weighted by molar-refractivity contribution is 6.39. The van der Waals surface area contributed by atoms with Gasteiger partial charge in [0.1, 0.15) is 11.6 Å². The summed E-state index contributed by atoms with van der Waals surface area (Å²) in [6, 6.07) is 15.3. The minimum absolute atomic E-state index is 0.00339. The largest absolute Gasteiger partial charge is 0.454 e. The SMILES string of the molecule is O=C(NCCCCNC(=O)c1ccc(Nc2nc(NC3(c4ccc(Cl)cc4)CC3)nc(OCC(F)(F)F)n2)cc1)C(=O)Nc1ccc(F)cc1F. The summed E-state index contributed by atoms with van der Waals surface area (Å²) < 4.78 is 70.1. The van der Waals surface area contributed by atoms with Crippen molar-refractivity contribution < 1.29 is 41.1 Å². The van der Waals surface area contributed by atoms with Crippen LogP contribution in [0.4, 0.5) is 45.2 Å². The monoisotopic (exact) mass is 732 g/mol. The molecule has 0 atom stereocenters. The lowest BCUT2D eigenvalue weighted by Crippen LogP contribution is -2.36. The molecule has 0 radical (unpaired) electrons. The first-order valence-corrected chi connectivity index (χ1v) is 15.9. The molecule has 1 fully saturated rings. The number of anilines is 4. The molecule has 5 N–H and O–H groups in total. The molecule has 1 heterocycles. The van der Waals surface area contributed by atoms with Crippen LogP contribution in [-0.4, -0.2) is 58.5 Å². The minimum atomic E-state index is -4.62. The van der Waals surface area contributed by atoms with Gasteiger partial charge in [0.15, 0.2) is 6.61 Å². The van der Waals surface area contributed by atoms with E-state index in [1.54, 1.807) is 24.3 Å². The van der Waals surface area contributed by atoms with Crippen LogP contribution in [0.5, 0.6) is 6.01 Å². The number of amides is 3. The fraction of sp³-hybridized carbons (Fsp3) is 0.273. The highest BCUT2D eigenvalue weighted by atomic mass is 35.5. The maximum Gasteiger partial charge on any atom is 0.422 e. The Bertz CT molecular complexity index is 1880. The van der Waals surface area contributed by atoms with Gasteiger partial charge in [0.25, 0.3) is 5.91 Å². The van der Waals surface area contributed by atoms with E-state index >= 15 is 0 Å². The van der Waals surface area contributed by atoms with Crippen LogP contribution in [-0.2, 0) is 15.1 Å². The molecule has 3 amide bonds. The number of hydrogen-bond acceptors (Lipinski definition) is 9. The van der Waals surface area contributed by atoms with E-state index in [0.717, 1.165) is 30.5 Å². The van der Waals surface area contributed by atoms with Crippen molar-refractivity contribution in [2.75, 3.05) is 35.6 Å². The lowest BCUT2D eigenvalue weighted by atomic mass is 10.1. The molecule has 1 aliphatic carbocycles. The van der Waals surface area contributed by atoms with Crippen LogP contribution in [0.3, 0.4) is 0 Å². The average molecular weight is 733 g/mol. The summed E-state index contributed by atoms with van der Waals surface area (Å²) in [4.78, 5) is 48.8. The molecule has 12 nitrogen and oxygen atoms in total. The van der Waals surface area contributed by atoms with Gasteiger partial charge in [-0.2, -0.15) is 28.1 Å². The van der Waals surface area contributed by atoms with E-state index < -0.39 is 53.7 Å². The van der Waals surface area contributed by atoms with Crippen LogP contribution in [0.1, 0.15) is 41.6 Å². The van der Waals surface area contributed by atoms with Gasteiger partial charge in [0.05, 0.1) is 11.2 Å². The highest BCUT2D eigenvalue weighted by Gasteiger charge is 2.45. The average Bonchev–Trinajstić information content (AvgIpc) is 3.86. The summed E-state index contributed by atoms with van der Waals surface area (Å²) in [7, 11) is 0. The van der Waals surface area contributed by atoms with Crippen LogP contribution < -0.4 is 31.3 Å². The van der Waals surface area contributed by atoms with E-state index in [4.69, 9.17) is 16.3 Å². The Morgan fingerprint density at radius 3 is 2.14 bits per heavy atom. The second kappa shape index (κ2) is 16.0. The van der Waals surface area contributed by atoms with Crippen molar-refractivity contribution in [1.29, 1.82) is 0 Å². The van der Waals surface area contributed by atoms with Crippen molar-refractivity contribution in [3.05, 3.63) is 94.5 Å². The fourth-order valence-electron chi connectivity index (χ4n) is 4.71. The molecule has 51 heavy (non-hydrogen) atoms. The first-order chi connectivity index (χ1) is 24.3. The van der Waals surface area contributed by atoms with Crippen molar-refractivity contribution in [3.8, 4) is 6.01 Å². The van der Waals surface area contributed by atoms with Gasteiger partial charge in [-0.15, -0.1) is 0 Å². The first-order valence-electron chi connectivity index (χ1n) is 15.5. The van der Waals surface area contributed by atoms with Crippen molar-refractivity contribution in [1.82, 2.24) is 25.6 Å². The van der Waals surface area contributed by atoms with Crippen LogP contribution in [0, 0.1) is 11.6 Å². The third kappa shape index (κ3) is 10.7. The molecule has 1 saturated carbocycles. The number of ether oxygens (including phenoxy) is 1. The van der Waals surface area contributed by atoms with E-state index in [2.05, 4.69) is 41.5 Å². The number of nitrogens with one attached hydrogen (secondary N) is 5. The molecule has 0 spiro atoms. The van der Waals surface area contributed by atoms with Gasteiger partial charge < -0.3 is 31.3 Å². The Balaban J connectivity index is 1.10. The van der Waals surface area contributed by atoms with Crippen LogP contribution >= 0.6 is 11.6 Å². The molecule has 0 aliphatic heterocycles. The number of rotatable bonds is 14. The van der Waals surface area contributed by atoms with Gasteiger partial charge in [-0.3, -0.25) is 14.4 Å². The van der Waals surface area contributed by atoms with Crippen molar-refractivity contribution in [3.63, 3.8) is 0 Å². The summed E-state index contributed by atoms with van der Waals surface area (Å²) in [6.45, 7) is -1.25. The van der Waals surface area contributed by atoms with Crippen molar-refractivity contribution in [2.45, 2.75) is 37.4 Å². The normalized spacial score (nSPS) is 13.1. The number of carbonyl (C=O) groups excluding carboxylic acids is 3. The van der Waals surface area contributed by atoms with E-state index in [0.29, 0.717) is 35.2 Å². The number of aromatic nitrogens is 3. The minimum Gasteiger partial charge on any atom is -0.454 e. The Morgan fingerprint density at radius 2 is 1.49 bits per heavy atom. The molecule has 0 unspecified atom stereocenters. The number of halogens is 6. The summed E-state index contributed by atoms with van der Waals surface area (Å²) in [5.41, 5.74) is 0.771. The molecular weight excluding hydrogens is 703 g/mol. The quantitative estimate of drug-likeness (QED) is 0.0609. The zero-order valence-corrected chi connectivity index (χ0v) is 27.3. The van der Waals surface area contributed by atoms with Crippen LogP contribution in [0.15, 0.2) is 66.7 Å². The first kappa shape index (κ1) is 36.7. The van der Waals surface area contributed by atoms with E-state index in [1.807, 2.05) is 12.1 Å². The third-order valence-electron chi connectivity index (χ3n) is 7.44.